The van der Waals surface area contributed by atoms with Gasteiger partial charge in [0.05, 0.1) is 0 Å². The van der Waals surface area contributed by atoms with Crippen LogP contribution in [0.3, 0.4) is 0 Å². The number of amides is 1. The lowest BCUT2D eigenvalue weighted by Crippen LogP contribution is -2.41. The number of rotatable bonds is 10. The van der Waals surface area contributed by atoms with E-state index in [-0.39, 0.29) is 23.6 Å². The predicted molar refractivity (Wildman–Crippen MR) is 99.1 cm³/mol. The van der Waals surface area contributed by atoms with Crippen LogP contribution in [0.25, 0.3) is 0 Å². The maximum Gasteiger partial charge on any atom is 0.355 e. The molecule has 0 spiro atoms. The van der Waals surface area contributed by atoms with Crippen molar-refractivity contribution in [3.8, 4) is 0 Å². The van der Waals surface area contributed by atoms with Crippen LogP contribution in [0, 0.1) is 5.92 Å². The fourth-order valence-corrected chi connectivity index (χ4v) is 3.55. The Bertz CT molecular complexity index is 629. The molecule has 26 heavy (non-hydrogen) atoms. The maximum atomic E-state index is 12.4. The van der Waals surface area contributed by atoms with Crippen molar-refractivity contribution in [1.29, 1.82) is 0 Å². The Morgan fingerprint density at radius 3 is 2.46 bits per heavy atom. The fourth-order valence-electron chi connectivity index (χ4n) is 2.72. The van der Waals surface area contributed by atoms with Gasteiger partial charge in [-0.25, -0.2) is 9.78 Å². The van der Waals surface area contributed by atoms with Crippen molar-refractivity contribution in [2.24, 2.45) is 5.92 Å². The topological polar surface area (TPSA) is 96.8 Å². The first-order valence-corrected chi connectivity index (χ1v) is 9.66. The van der Waals surface area contributed by atoms with Gasteiger partial charge in [0.2, 0.25) is 5.91 Å². The number of aromatic carboxylic acids is 1. The van der Waals surface area contributed by atoms with Crippen molar-refractivity contribution < 1.29 is 24.2 Å². The summed E-state index contributed by atoms with van der Waals surface area (Å²) < 4.78 is 5.40. The van der Waals surface area contributed by atoms with Crippen molar-refractivity contribution in [2.75, 3.05) is 7.05 Å². The minimum Gasteiger partial charge on any atom is -0.476 e. The molecule has 1 aromatic heterocycles. The Balaban J connectivity index is 3.01. The summed E-state index contributed by atoms with van der Waals surface area (Å²) >= 11 is 1.14. The van der Waals surface area contributed by atoms with Crippen molar-refractivity contribution in [2.45, 2.75) is 65.5 Å². The van der Waals surface area contributed by atoms with Crippen molar-refractivity contribution in [3.05, 3.63) is 16.1 Å². The van der Waals surface area contributed by atoms with E-state index < -0.39 is 18.0 Å². The van der Waals surface area contributed by atoms with Crippen LogP contribution in [-0.4, -0.2) is 45.9 Å². The van der Waals surface area contributed by atoms with Crippen LogP contribution in [0.2, 0.25) is 0 Å². The first kappa shape index (κ1) is 22.1. The quantitative estimate of drug-likeness (QED) is 0.620. The molecule has 0 aliphatic heterocycles. The molecular formula is C18H28N2O5S. The van der Waals surface area contributed by atoms with Gasteiger partial charge in [-0.2, -0.15) is 0 Å². The van der Waals surface area contributed by atoms with E-state index in [1.165, 1.54) is 12.3 Å². The van der Waals surface area contributed by atoms with Gasteiger partial charge in [-0.05, 0) is 12.3 Å². The van der Waals surface area contributed by atoms with E-state index in [1.807, 2.05) is 20.8 Å². The number of unbranched alkanes of at least 4 members (excludes halogenated alkanes) is 1. The summed E-state index contributed by atoms with van der Waals surface area (Å²) in [5, 5.41) is 10.9. The molecule has 0 radical (unpaired) electrons. The molecule has 0 saturated carbocycles. The highest BCUT2D eigenvalue weighted by molar-refractivity contribution is 7.09. The number of esters is 1. The SMILES string of the molecule is CCCCC(=O)N(C)C(C[C@@H](OC(C)=O)c1nc(C(=O)O)cs1)C(C)C. The average Bonchev–Trinajstić information content (AvgIpc) is 3.05. The Morgan fingerprint density at radius 2 is 2.00 bits per heavy atom. The lowest BCUT2D eigenvalue weighted by Gasteiger charge is -2.33. The highest BCUT2D eigenvalue weighted by Gasteiger charge is 2.30. The molecule has 0 saturated heterocycles. The van der Waals surface area contributed by atoms with E-state index >= 15 is 0 Å². The zero-order valence-electron chi connectivity index (χ0n) is 16.0. The molecule has 146 valence electrons. The Labute approximate surface area is 158 Å². The second-order valence-corrected chi connectivity index (χ2v) is 7.52. The number of aromatic nitrogens is 1. The van der Waals surface area contributed by atoms with E-state index in [2.05, 4.69) is 4.98 Å². The number of ether oxygens (including phenoxy) is 1. The molecule has 0 aliphatic carbocycles. The third-order valence-electron chi connectivity index (χ3n) is 4.18. The largest absolute Gasteiger partial charge is 0.476 e. The summed E-state index contributed by atoms with van der Waals surface area (Å²) in [6, 6.07) is -0.152. The fraction of sp³-hybridized carbons (Fsp3) is 0.667. The second-order valence-electron chi connectivity index (χ2n) is 6.63. The highest BCUT2D eigenvalue weighted by atomic mass is 32.1. The summed E-state index contributed by atoms with van der Waals surface area (Å²) in [4.78, 5) is 40.8. The van der Waals surface area contributed by atoms with Crippen LogP contribution >= 0.6 is 11.3 Å². The maximum absolute atomic E-state index is 12.4. The van der Waals surface area contributed by atoms with Crippen LogP contribution in [-0.2, 0) is 14.3 Å². The predicted octanol–water partition coefficient (Wildman–Crippen LogP) is 3.51. The van der Waals surface area contributed by atoms with Crippen LogP contribution in [0.15, 0.2) is 5.38 Å². The van der Waals surface area contributed by atoms with E-state index in [9.17, 15) is 14.4 Å². The number of hydrogen-bond acceptors (Lipinski definition) is 6. The molecule has 1 N–H and O–H groups in total. The summed E-state index contributed by atoms with van der Waals surface area (Å²) in [5.74, 6) is -1.40. The lowest BCUT2D eigenvalue weighted by atomic mass is 9.96. The molecule has 0 bridgehead atoms. The van der Waals surface area contributed by atoms with Gasteiger partial charge in [0.1, 0.15) is 5.01 Å². The van der Waals surface area contributed by atoms with Gasteiger partial charge in [0, 0.05) is 38.2 Å². The third-order valence-corrected chi connectivity index (χ3v) is 5.12. The molecule has 0 fully saturated rings. The number of hydrogen-bond donors (Lipinski definition) is 1. The van der Waals surface area contributed by atoms with Gasteiger partial charge < -0.3 is 14.7 Å². The van der Waals surface area contributed by atoms with Crippen molar-refractivity contribution >= 4 is 29.2 Å². The molecular weight excluding hydrogens is 356 g/mol. The van der Waals surface area contributed by atoms with E-state index in [0.717, 1.165) is 24.2 Å². The molecule has 8 heteroatoms. The number of carbonyl (C=O) groups is 3. The number of thiazole rings is 1. The first-order chi connectivity index (χ1) is 12.2. The standard InChI is InChI=1S/C18H28N2O5S/c1-6-7-8-16(22)20(5)14(11(2)3)9-15(25-12(4)21)17-19-13(10-26-17)18(23)24/h10-11,14-15H,6-9H2,1-5H3,(H,23,24)/t14?,15-/m1/s1. The van der Waals surface area contributed by atoms with E-state index in [1.54, 1.807) is 11.9 Å². The highest BCUT2D eigenvalue weighted by Crippen LogP contribution is 2.30. The minimum absolute atomic E-state index is 0.0532. The van der Waals surface area contributed by atoms with Crippen LogP contribution < -0.4 is 0 Å². The van der Waals surface area contributed by atoms with Crippen LogP contribution in [0.4, 0.5) is 0 Å². The second kappa shape index (κ2) is 10.3. The summed E-state index contributed by atoms with van der Waals surface area (Å²) in [6.45, 7) is 7.35. The average molecular weight is 384 g/mol. The Morgan fingerprint density at radius 1 is 1.35 bits per heavy atom. The molecule has 1 amide bonds. The van der Waals surface area contributed by atoms with Gasteiger partial charge in [0.15, 0.2) is 11.8 Å². The molecule has 1 unspecified atom stereocenters. The Kier molecular flexibility index (Phi) is 8.71. The smallest absolute Gasteiger partial charge is 0.355 e. The van der Waals surface area contributed by atoms with Crippen molar-refractivity contribution in [1.82, 2.24) is 9.88 Å². The first-order valence-electron chi connectivity index (χ1n) is 8.78. The molecule has 7 nitrogen and oxygen atoms in total. The van der Waals surface area contributed by atoms with Gasteiger partial charge in [0.25, 0.3) is 0 Å². The normalized spacial score (nSPS) is 13.3. The van der Waals surface area contributed by atoms with Crippen LogP contribution in [0.1, 0.15) is 75.0 Å². The molecule has 1 aromatic rings. The lowest BCUT2D eigenvalue weighted by molar-refractivity contribution is -0.148. The number of carbonyl (C=O) groups excluding carboxylic acids is 2. The van der Waals surface area contributed by atoms with E-state index in [0.29, 0.717) is 17.8 Å². The Hall–Kier alpha value is -1.96. The molecule has 1 rings (SSSR count). The third kappa shape index (κ3) is 6.40. The molecule has 1 heterocycles. The van der Waals surface area contributed by atoms with E-state index in [4.69, 9.17) is 9.84 Å². The van der Waals surface area contributed by atoms with Gasteiger partial charge in [-0.3, -0.25) is 9.59 Å². The van der Waals surface area contributed by atoms with Crippen molar-refractivity contribution in [3.63, 3.8) is 0 Å². The minimum atomic E-state index is -1.12. The molecule has 0 aromatic carbocycles. The summed E-state index contributed by atoms with van der Waals surface area (Å²) in [7, 11) is 1.76. The number of carboxylic acids is 1. The number of nitrogens with zero attached hydrogens (tertiary/aromatic N) is 2. The summed E-state index contributed by atoms with van der Waals surface area (Å²) in [5.41, 5.74) is -0.0735. The van der Waals surface area contributed by atoms with Gasteiger partial charge >= 0.3 is 11.9 Å². The molecule has 2 atom stereocenters. The summed E-state index contributed by atoms with van der Waals surface area (Å²) in [6.07, 6.45) is 1.95. The molecule has 0 aliphatic rings. The van der Waals surface area contributed by atoms with Crippen LogP contribution in [0.5, 0.6) is 0 Å². The van der Waals surface area contributed by atoms with Gasteiger partial charge in [-0.1, -0.05) is 27.2 Å². The monoisotopic (exact) mass is 384 g/mol. The zero-order chi connectivity index (χ0) is 19.9. The zero-order valence-corrected chi connectivity index (χ0v) is 16.8. The number of carboxylic acid groups (broad SMARTS) is 1. The van der Waals surface area contributed by atoms with Gasteiger partial charge in [-0.15, -0.1) is 11.3 Å².